The highest BCUT2D eigenvalue weighted by Crippen LogP contribution is 2.34. The van der Waals surface area contributed by atoms with Crippen LogP contribution in [0.15, 0.2) is 17.7 Å². The molecule has 0 bridgehead atoms. The lowest BCUT2D eigenvalue weighted by Crippen LogP contribution is -2.08. The number of phenols is 2. The number of halogens is 1. The molecular weight excluding hydrogens is 242 g/mol. The Labute approximate surface area is 103 Å². The Morgan fingerprint density at radius 1 is 1.29 bits per heavy atom. The highest BCUT2D eigenvalue weighted by molar-refractivity contribution is 6.32. The van der Waals surface area contributed by atoms with Gasteiger partial charge in [0.05, 0.1) is 10.7 Å². The maximum Gasteiger partial charge on any atom is 0.137 e. The first-order valence-electron chi connectivity index (χ1n) is 4.99. The summed E-state index contributed by atoms with van der Waals surface area (Å²) in [5.74, 6) is -0.359. The monoisotopic (exact) mass is 253 g/mol. The van der Waals surface area contributed by atoms with Gasteiger partial charge in [0.2, 0.25) is 0 Å². The van der Waals surface area contributed by atoms with Gasteiger partial charge in [0.25, 0.3) is 0 Å². The van der Waals surface area contributed by atoms with Gasteiger partial charge in [-0.15, -0.1) is 0 Å². The van der Waals surface area contributed by atoms with Crippen molar-refractivity contribution in [1.82, 2.24) is 5.32 Å². The third kappa shape index (κ3) is 2.07. The lowest BCUT2D eigenvalue weighted by molar-refractivity contribution is 0.449. The summed E-state index contributed by atoms with van der Waals surface area (Å²) in [5.41, 5.74) is 7.58. The van der Waals surface area contributed by atoms with Crippen LogP contribution in [0.5, 0.6) is 11.5 Å². The molecule has 17 heavy (non-hydrogen) atoms. The average molecular weight is 254 g/mol. The van der Waals surface area contributed by atoms with Crippen LogP contribution in [0, 0.1) is 5.41 Å². The van der Waals surface area contributed by atoms with Gasteiger partial charge < -0.3 is 26.7 Å². The largest absolute Gasteiger partial charge is 0.507 e. The molecule has 0 radical (unpaired) electrons. The number of nitrogens with two attached hydrogens (primary N) is 1. The first-order valence-corrected chi connectivity index (χ1v) is 5.37. The Bertz CT molecular complexity index is 526. The van der Waals surface area contributed by atoms with Gasteiger partial charge in [-0.3, -0.25) is 0 Å². The van der Waals surface area contributed by atoms with Gasteiger partial charge >= 0.3 is 0 Å². The smallest absolute Gasteiger partial charge is 0.137 e. The lowest BCUT2D eigenvalue weighted by atomic mass is 10.0. The van der Waals surface area contributed by atoms with Crippen molar-refractivity contribution in [2.75, 3.05) is 13.1 Å². The third-order valence-electron chi connectivity index (χ3n) is 2.65. The maximum absolute atomic E-state index is 9.71. The van der Waals surface area contributed by atoms with E-state index in [0.29, 0.717) is 35.6 Å². The first kappa shape index (κ1) is 11.8. The summed E-state index contributed by atoms with van der Waals surface area (Å²) < 4.78 is 0. The van der Waals surface area contributed by atoms with Crippen molar-refractivity contribution in [2.45, 2.75) is 0 Å². The molecule has 1 saturated heterocycles. The molecule has 1 aromatic carbocycles. The second-order valence-corrected chi connectivity index (χ2v) is 4.20. The van der Waals surface area contributed by atoms with Crippen LogP contribution in [0.25, 0.3) is 5.70 Å². The van der Waals surface area contributed by atoms with Gasteiger partial charge in [0.1, 0.15) is 11.5 Å². The van der Waals surface area contributed by atoms with Crippen LogP contribution in [-0.4, -0.2) is 29.0 Å². The molecule has 2 rings (SSSR count). The van der Waals surface area contributed by atoms with Crippen molar-refractivity contribution in [3.05, 3.63) is 28.3 Å². The van der Waals surface area contributed by atoms with E-state index >= 15 is 0 Å². The van der Waals surface area contributed by atoms with Gasteiger partial charge in [-0.2, -0.15) is 0 Å². The predicted octanol–water partition coefficient (Wildman–Crippen LogP) is 1.04. The molecule has 0 unspecified atom stereocenters. The molecule has 0 atom stereocenters. The van der Waals surface area contributed by atoms with Crippen molar-refractivity contribution in [1.29, 1.82) is 5.41 Å². The fourth-order valence-electron chi connectivity index (χ4n) is 1.71. The molecule has 0 saturated carbocycles. The van der Waals surface area contributed by atoms with Gasteiger partial charge in [0, 0.05) is 36.0 Å². The summed E-state index contributed by atoms with van der Waals surface area (Å²) in [4.78, 5) is 0. The number of rotatable bonds is 1. The molecule has 0 aromatic heterocycles. The van der Waals surface area contributed by atoms with E-state index in [4.69, 9.17) is 22.7 Å². The van der Waals surface area contributed by atoms with Gasteiger partial charge in [-0.25, -0.2) is 0 Å². The second kappa shape index (κ2) is 4.27. The van der Waals surface area contributed by atoms with Crippen LogP contribution in [0.3, 0.4) is 0 Å². The minimum Gasteiger partial charge on any atom is -0.507 e. The third-order valence-corrected chi connectivity index (χ3v) is 2.95. The Kier molecular flexibility index (Phi) is 2.95. The molecule has 0 aliphatic carbocycles. The van der Waals surface area contributed by atoms with E-state index in [-0.39, 0.29) is 16.5 Å². The van der Waals surface area contributed by atoms with E-state index < -0.39 is 0 Å². The first-order chi connectivity index (χ1) is 8.00. The van der Waals surface area contributed by atoms with Crippen molar-refractivity contribution < 1.29 is 10.2 Å². The molecule has 90 valence electrons. The SMILES string of the molecule is N=C1CNC/C1=C(/N)c1cc(Cl)c(O)cc1O. The summed E-state index contributed by atoms with van der Waals surface area (Å²) >= 11 is 5.76. The van der Waals surface area contributed by atoms with Crippen molar-refractivity contribution in [2.24, 2.45) is 5.73 Å². The van der Waals surface area contributed by atoms with Crippen LogP contribution in [0.2, 0.25) is 5.02 Å². The molecule has 1 fully saturated rings. The summed E-state index contributed by atoms with van der Waals surface area (Å²) in [7, 11) is 0. The molecule has 5 nitrogen and oxygen atoms in total. The number of hydrogen-bond acceptors (Lipinski definition) is 5. The van der Waals surface area contributed by atoms with Crippen LogP contribution in [-0.2, 0) is 0 Å². The van der Waals surface area contributed by atoms with Crippen LogP contribution >= 0.6 is 11.6 Å². The van der Waals surface area contributed by atoms with Crippen molar-refractivity contribution in [3.8, 4) is 11.5 Å². The number of phenolic OH excluding ortho intramolecular Hbond substituents is 2. The van der Waals surface area contributed by atoms with E-state index in [0.717, 1.165) is 6.07 Å². The fourth-order valence-corrected chi connectivity index (χ4v) is 1.88. The summed E-state index contributed by atoms with van der Waals surface area (Å²) in [6, 6.07) is 2.53. The number of aromatic hydroxyl groups is 2. The molecule has 1 aromatic rings. The molecule has 1 aliphatic heterocycles. The standard InChI is InChI=1S/C11H12ClN3O2/c12-7-1-5(9(16)2-10(7)17)11(14)6-3-15-4-8(6)13/h1-2,13,15-17H,3-4,14H2/b11-6-,13-8?. The maximum atomic E-state index is 9.71. The topological polar surface area (TPSA) is 102 Å². The van der Waals surface area contributed by atoms with Crippen molar-refractivity contribution >= 4 is 23.0 Å². The molecular formula is C11H12ClN3O2. The molecule has 1 aliphatic rings. The average Bonchev–Trinajstić information content (AvgIpc) is 2.69. The highest BCUT2D eigenvalue weighted by atomic mass is 35.5. The van der Waals surface area contributed by atoms with E-state index in [2.05, 4.69) is 5.32 Å². The lowest BCUT2D eigenvalue weighted by Gasteiger charge is -2.09. The molecule has 1 heterocycles. The summed E-state index contributed by atoms with van der Waals surface area (Å²) in [6.07, 6.45) is 0. The fraction of sp³-hybridized carbons (Fsp3) is 0.182. The second-order valence-electron chi connectivity index (χ2n) is 3.80. The van der Waals surface area contributed by atoms with E-state index in [1.54, 1.807) is 0 Å². The van der Waals surface area contributed by atoms with E-state index in [9.17, 15) is 10.2 Å². The zero-order valence-corrected chi connectivity index (χ0v) is 9.67. The molecule has 0 spiro atoms. The normalized spacial score (nSPS) is 18.5. The predicted molar refractivity (Wildman–Crippen MR) is 66.5 cm³/mol. The molecule has 0 amide bonds. The Morgan fingerprint density at radius 3 is 2.59 bits per heavy atom. The zero-order valence-electron chi connectivity index (χ0n) is 8.92. The van der Waals surface area contributed by atoms with Crippen molar-refractivity contribution in [3.63, 3.8) is 0 Å². The number of benzene rings is 1. The quantitative estimate of drug-likeness (QED) is 0.516. The van der Waals surface area contributed by atoms with Gasteiger partial charge in [0.15, 0.2) is 0 Å². The molecule has 6 heteroatoms. The van der Waals surface area contributed by atoms with Gasteiger partial charge in [-0.1, -0.05) is 11.6 Å². The highest BCUT2D eigenvalue weighted by Gasteiger charge is 2.19. The molecule has 6 N–H and O–H groups in total. The van der Waals surface area contributed by atoms with E-state index in [1.165, 1.54) is 6.07 Å². The Balaban J connectivity index is 2.54. The van der Waals surface area contributed by atoms with Gasteiger partial charge in [-0.05, 0) is 6.07 Å². The van der Waals surface area contributed by atoms with Crippen LogP contribution < -0.4 is 11.1 Å². The zero-order chi connectivity index (χ0) is 12.6. The summed E-state index contributed by atoms with van der Waals surface area (Å²) in [6.45, 7) is 0.950. The van der Waals surface area contributed by atoms with Crippen LogP contribution in [0.1, 0.15) is 5.56 Å². The minimum atomic E-state index is -0.203. The minimum absolute atomic E-state index is 0.110. The number of hydrogen-bond donors (Lipinski definition) is 5. The Hall–Kier alpha value is -1.72. The Morgan fingerprint density at radius 2 is 2.00 bits per heavy atom. The van der Waals surface area contributed by atoms with Crippen LogP contribution in [0.4, 0.5) is 0 Å². The van der Waals surface area contributed by atoms with E-state index in [1.807, 2.05) is 0 Å². The summed E-state index contributed by atoms with van der Waals surface area (Å²) in [5, 5.41) is 29.8. The number of nitrogens with one attached hydrogen (secondary N) is 2.